The quantitative estimate of drug-likeness (QED) is 0.169. The van der Waals surface area contributed by atoms with Gasteiger partial charge in [-0.05, 0) is 164 Å². The second-order valence-electron chi connectivity index (χ2n) is 23.2. The molecule has 0 amide bonds. The minimum Gasteiger partial charge on any atom is -0.309 e. The maximum absolute atomic E-state index is 4.89. The van der Waals surface area contributed by atoms with E-state index in [2.05, 4.69) is 272 Å². The van der Waals surface area contributed by atoms with Gasteiger partial charge in [0.1, 0.15) is 0 Å². The molecule has 4 aromatic heterocycles. The normalized spacial score (nSPS) is 14.0. The van der Waals surface area contributed by atoms with Crippen LogP contribution in [-0.4, -0.2) is 18.7 Å². The molecule has 0 saturated carbocycles. The number of nitrogens with zero attached hydrogens (tertiary/aromatic N) is 4. The summed E-state index contributed by atoms with van der Waals surface area (Å²) in [6.45, 7) is 9.48. The van der Waals surface area contributed by atoms with E-state index in [1.807, 2.05) is 12.3 Å². The van der Waals surface area contributed by atoms with E-state index < -0.39 is 0 Å². The van der Waals surface area contributed by atoms with Gasteiger partial charge < -0.3 is 13.7 Å². The standard InChI is InChI=1S/C75H52N4/c1-74(2)63-20-10-6-16-53(63)55-31-29-50(42-65(55)74)77-68-23-13-8-18-57(68)59-38-45(25-33-70(59)77)47-27-35-72-61(40-47)62-41-48(28-36-73(62)78(72)51-30-32-56-54-17-7-11-21-64(54)75(3,4)66(56)43-51)46-26-34-71-60(39-46)58-19-9-14-24-69(58)79(71)52-37-49-15-5-12-22-67(49)76-44-52/h5-44H,1-4H3. The summed E-state index contributed by atoms with van der Waals surface area (Å²) in [4.78, 5) is 4.89. The van der Waals surface area contributed by atoms with Crippen molar-refractivity contribution < 1.29 is 0 Å². The van der Waals surface area contributed by atoms with Gasteiger partial charge in [0.2, 0.25) is 0 Å². The number of aromatic nitrogens is 4. The summed E-state index contributed by atoms with van der Waals surface area (Å²) in [7, 11) is 0. The molecule has 17 rings (SSSR count). The lowest BCUT2D eigenvalue weighted by Gasteiger charge is -2.22. The Morgan fingerprint density at radius 3 is 1.13 bits per heavy atom. The molecule has 0 unspecified atom stereocenters. The lowest BCUT2D eigenvalue weighted by Crippen LogP contribution is -2.15. The summed E-state index contributed by atoms with van der Waals surface area (Å²) in [5, 5.41) is 8.51. The average Bonchev–Trinajstić information content (AvgIpc) is 4.41. The molecular formula is C75H52N4. The molecule has 372 valence electrons. The van der Waals surface area contributed by atoms with Gasteiger partial charge in [0, 0.05) is 59.9 Å². The van der Waals surface area contributed by atoms with E-state index >= 15 is 0 Å². The van der Waals surface area contributed by atoms with Crippen LogP contribution in [0.25, 0.3) is 138 Å². The Hall–Kier alpha value is -9.77. The summed E-state index contributed by atoms with van der Waals surface area (Å²) in [6, 6.07) is 88.7. The highest BCUT2D eigenvalue weighted by Crippen LogP contribution is 2.52. The Labute approximate surface area is 457 Å². The third-order valence-corrected chi connectivity index (χ3v) is 18.3. The number of pyridine rings is 1. The van der Waals surface area contributed by atoms with Gasteiger partial charge >= 0.3 is 0 Å². The van der Waals surface area contributed by atoms with Crippen LogP contribution in [0.5, 0.6) is 0 Å². The first-order valence-corrected chi connectivity index (χ1v) is 27.7. The number of benzene rings is 11. The second kappa shape index (κ2) is 15.9. The minimum absolute atomic E-state index is 0.0916. The van der Waals surface area contributed by atoms with Crippen molar-refractivity contribution >= 4 is 76.3 Å². The van der Waals surface area contributed by atoms with E-state index in [-0.39, 0.29) is 10.8 Å². The molecule has 4 nitrogen and oxygen atoms in total. The fraction of sp³-hybridized carbons (Fsp3) is 0.0800. The van der Waals surface area contributed by atoms with Crippen LogP contribution in [-0.2, 0) is 10.8 Å². The maximum atomic E-state index is 4.89. The Balaban J connectivity index is 0.838. The van der Waals surface area contributed by atoms with E-state index in [9.17, 15) is 0 Å². The van der Waals surface area contributed by atoms with Crippen LogP contribution >= 0.6 is 0 Å². The second-order valence-corrected chi connectivity index (χ2v) is 23.2. The van der Waals surface area contributed by atoms with Gasteiger partial charge in [-0.2, -0.15) is 0 Å². The topological polar surface area (TPSA) is 27.7 Å². The highest BCUT2D eigenvalue weighted by atomic mass is 15.0. The molecule has 4 heteroatoms. The number of rotatable bonds is 5. The Morgan fingerprint density at radius 1 is 0.278 bits per heavy atom. The molecule has 15 aromatic rings. The van der Waals surface area contributed by atoms with Gasteiger partial charge in [0.25, 0.3) is 0 Å². The average molecular weight is 1010 g/mol. The van der Waals surface area contributed by atoms with Gasteiger partial charge in [-0.15, -0.1) is 0 Å². The molecule has 0 spiro atoms. The van der Waals surface area contributed by atoms with Crippen molar-refractivity contribution in [2.75, 3.05) is 0 Å². The molecule has 0 bridgehead atoms. The summed E-state index contributed by atoms with van der Waals surface area (Å²) in [6.07, 6.45) is 2.01. The van der Waals surface area contributed by atoms with Crippen LogP contribution in [0.3, 0.4) is 0 Å². The zero-order chi connectivity index (χ0) is 52.5. The number of hydrogen-bond donors (Lipinski definition) is 0. The number of fused-ring (bicyclic) bond motifs is 16. The van der Waals surface area contributed by atoms with Gasteiger partial charge in [0.15, 0.2) is 0 Å². The van der Waals surface area contributed by atoms with Gasteiger partial charge in [-0.25, -0.2) is 0 Å². The van der Waals surface area contributed by atoms with Crippen LogP contribution in [0.4, 0.5) is 0 Å². The lowest BCUT2D eigenvalue weighted by molar-refractivity contribution is 0.660. The summed E-state index contributed by atoms with van der Waals surface area (Å²) >= 11 is 0. The number of para-hydroxylation sites is 3. The van der Waals surface area contributed by atoms with Crippen LogP contribution in [0.1, 0.15) is 49.9 Å². The predicted octanol–water partition coefficient (Wildman–Crippen LogP) is 19.5. The third kappa shape index (κ3) is 6.17. The zero-order valence-electron chi connectivity index (χ0n) is 44.4. The number of hydrogen-bond acceptors (Lipinski definition) is 1. The summed E-state index contributed by atoms with van der Waals surface area (Å²) in [5.41, 5.74) is 26.9. The van der Waals surface area contributed by atoms with E-state index in [1.165, 1.54) is 138 Å². The molecule has 0 N–H and O–H groups in total. The smallest absolute Gasteiger partial charge is 0.0703 e. The van der Waals surface area contributed by atoms with E-state index in [1.54, 1.807) is 0 Å². The lowest BCUT2D eigenvalue weighted by atomic mass is 9.82. The monoisotopic (exact) mass is 1010 g/mol. The van der Waals surface area contributed by atoms with Crippen LogP contribution in [0.15, 0.2) is 243 Å². The fourth-order valence-corrected chi connectivity index (χ4v) is 14.4. The molecule has 2 aliphatic carbocycles. The Kier molecular flexibility index (Phi) is 8.93. The highest BCUT2D eigenvalue weighted by molar-refractivity contribution is 6.15. The SMILES string of the molecule is CC1(C)c2ccccc2-c2ccc(-n3c4ccccc4c4cc(-c5ccc6c(c5)c5cc(-c7ccc8c(c7)c7ccccc7n8-c7cnc8ccccc8c7)ccc5n6-c5ccc6c(c5)C(C)(C)c5ccccc5-6)ccc43)cc21. The van der Waals surface area contributed by atoms with Crippen molar-refractivity contribution in [1.82, 2.24) is 18.7 Å². The van der Waals surface area contributed by atoms with Crippen molar-refractivity contribution in [3.05, 3.63) is 265 Å². The predicted molar refractivity (Wildman–Crippen MR) is 331 cm³/mol. The molecule has 0 aliphatic heterocycles. The van der Waals surface area contributed by atoms with Crippen molar-refractivity contribution in [2.45, 2.75) is 38.5 Å². The molecule has 2 aliphatic rings. The molecule has 0 saturated heterocycles. The molecular weight excluding hydrogens is 957 g/mol. The van der Waals surface area contributed by atoms with E-state index in [4.69, 9.17) is 4.98 Å². The molecule has 0 fully saturated rings. The molecule has 0 atom stereocenters. The first kappa shape index (κ1) is 44.4. The first-order valence-electron chi connectivity index (χ1n) is 27.7. The van der Waals surface area contributed by atoms with Crippen molar-refractivity contribution in [1.29, 1.82) is 0 Å². The zero-order valence-corrected chi connectivity index (χ0v) is 44.4. The van der Waals surface area contributed by atoms with Crippen molar-refractivity contribution in [3.8, 4) is 61.6 Å². The Morgan fingerprint density at radius 2 is 0.646 bits per heavy atom. The fourth-order valence-electron chi connectivity index (χ4n) is 14.4. The van der Waals surface area contributed by atoms with Gasteiger partial charge in [0.05, 0.1) is 50.5 Å². The van der Waals surface area contributed by atoms with Crippen LogP contribution in [0, 0.1) is 0 Å². The van der Waals surface area contributed by atoms with Crippen molar-refractivity contribution in [3.63, 3.8) is 0 Å². The molecule has 79 heavy (non-hydrogen) atoms. The van der Waals surface area contributed by atoms with Crippen molar-refractivity contribution in [2.24, 2.45) is 0 Å². The maximum Gasteiger partial charge on any atom is 0.0703 e. The van der Waals surface area contributed by atoms with Crippen LogP contribution < -0.4 is 0 Å². The van der Waals surface area contributed by atoms with Gasteiger partial charge in [-0.1, -0.05) is 167 Å². The largest absolute Gasteiger partial charge is 0.309 e. The summed E-state index contributed by atoms with van der Waals surface area (Å²) in [5.74, 6) is 0. The molecule has 11 aromatic carbocycles. The summed E-state index contributed by atoms with van der Waals surface area (Å²) < 4.78 is 7.34. The third-order valence-electron chi connectivity index (χ3n) is 18.3. The van der Waals surface area contributed by atoms with Gasteiger partial charge in [-0.3, -0.25) is 4.98 Å². The highest BCUT2D eigenvalue weighted by Gasteiger charge is 2.37. The molecule has 4 heterocycles. The molecule has 0 radical (unpaired) electrons. The van der Waals surface area contributed by atoms with E-state index in [0.29, 0.717) is 0 Å². The first-order chi connectivity index (χ1) is 38.7. The van der Waals surface area contributed by atoms with Crippen LogP contribution in [0.2, 0.25) is 0 Å². The van der Waals surface area contributed by atoms with E-state index in [0.717, 1.165) is 22.1 Å². The Bertz CT molecular complexity index is 5150. The minimum atomic E-state index is -0.127.